The van der Waals surface area contributed by atoms with Crippen molar-refractivity contribution in [1.29, 1.82) is 0 Å². The average Bonchev–Trinajstić information content (AvgIpc) is 3.33. The lowest BCUT2D eigenvalue weighted by molar-refractivity contribution is -0.133. The monoisotopic (exact) mass is 374 g/mol. The summed E-state index contributed by atoms with van der Waals surface area (Å²) in [5.74, 6) is 1.51. The number of hydrogen-bond donors (Lipinski definition) is 0. The summed E-state index contributed by atoms with van der Waals surface area (Å²) in [5.41, 5.74) is 5.79. The Kier molecular flexibility index (Phi) is 4.84. The second-order valence-electron chi connectivity index (χ2n) is 8.79. The number of anilines is 1. The second-order valence-corrected chi connectivity index (χ2v) is 8.79. The van der Waals surface area contributed by atoms with Gasteiger partial charge in [0.2, 0.25) is 5.91 Å². The Balaban J connectivity index is 1.13. The fraction of sp³-hybridized carbons (Fsp3) is 0.480. The van der Waals surface area contributed by atoms with Crippen molar-refractivity contribution in [3.8, 4) is 0 Å². The number of carbonyl (C=O) groups is 1. The molecule has 1 unspecified atom stereocenters. The van der Waals surface area contributed by atoms with Crippen LogP contribution in [0.2, 0.25) is 0 Å². The van der Waals surface area contributed by atoms with Crippen LogP contribution < -0.4 is 4.90 Å². The quantitative estimate of drug-likeness (QED) is 0.791. The van der Waals surface area contributed by atoms with Gasteiger partial charge in [0.15, 0.2) is 0 Å². The van der Waals surface area contributed by atoms with Crippen LogP contribution in [0.4, 0.5) is 5.69 Å². The number of nitrogens with zero attached hydrogens (tertiary/aromatic N) is 2. The number of benzene rings is 2. The first-order valence-corrected chi connectivity index (χ1v) is 11.0. The predicted octanol–water partition coefficient (Wildman–Crippen LogP) is 4.41. The van der Waals surface area contributed by atoms with Crippen LogP contribution in [0.15, 0.2) is 48.5 Å². The standard InChI is InChI=1S/C25H30N2O/c28-25(17-22-10-9-20-5-1-3-7-23(20)22)26-14-11-19(12-15-26)18-27-16-13-21-6-2-4-8-24(21)27/h1-8,19,22H,9-18H2. The molecule has 3 heteroatoms. The normalized spacial score (nSPS) is 21.6. The average molecular weight is 375 g/mol. The molecule has 0 bridgehead atoms. The molecular formula is C25H30N2O. The Morgan fingerprint density at radius 2 is 1.61 bits per heavy atom. The smallest absolute Gasteiger partial charge is 0.223 e. The van der Waals surface area contributed by atoms with Crippen LogP contribution in [0.25, 0.3) is 0 Å². The number of rotatable bonds is 4. The van der Waals surface area contributed by atoms with Crippen molar-refractivity contribution < 1.29 is 4.79 Å². The van der Waals surface area contributed by atoms with Gasteiger partial charge < -0.3 is 9.80 Å². The number of aryl methyl sites for hydroxylation is 1. The van der Waals surface area contributed by atoms with Crippen LogP contribution in [0, 0.1) is 5.92 Å². The van der Waals surface area contributed by atoms with Gasteiger partial charge in [0.25, 0.3) is 0 Å². The molecule has 5 rings (SSSR count). The van der Waals surface area contributed by atoms with E-state index in [1.54, 1.807) is 0 Å². The molecule has 0 saturated carbocycles. The molecule has 28 heavy (non-hydrogen) atoms. The lowest BCUT2D eigenvalue weighted by Gasteiger charge is -2.35. The first kappa shape index (κ1) is 17.8. The summed E-state index contributed by atoms with van der Waals surface area (Å²) in [4.78, 5) is 17.6. The van der Waals surface area contributed by atoms with E-state index < -0.39 is 0 Å². The first-order chi connectivity index (χ1) is 13.8. The molecule has 0 radical (unpaired) electrons. The highest BCUT2D eigenvalue weighted by Gasteiger charge is 2.30. The van der Waals surface area contributed by atoms with Crippen molar-refractivity contribution in [2.24, 2.45) is 5.92 Å². The van der Waals surface area contributed by atoms with Crippen molar-refractivity contribution in [2.45, 2.75) is 44.4 Å². The maximum atomic E-state index is 12.9. The third kappa shape index (κ3) is 3.43. The lowest BCUT2D eigenvalue weighted by Crippen LogP contribution is -2.41. The number of para-hydroxylation sites is 1. The summed E-state index contributed by atoms with van der Waals surface area (Å²) in [6, 6.07) is 17.5. The molecule has 0 spiro atoms. The number of fused-ring (bicyclic) bond motifs is 2. The van der Waals surface area contributed by atoms with E-state index in [9.17, 15) is 4.79 Å². The molecule has 2 aliphatic heterocycles. The summed E-state index contributed by atoms with van der Waals surface area (Å²) >= 11 is 0. The van der Waals surface area contributed by atoms with E-state index >= 15 is 0 Å². The van der Waals surface area contributed by atoms with E-state index in [4.69, 9.17) is 0 Å². The zero-order valence-electron chi connectivity index (χ0n) is 16.6. The SMILES string of the molecule is O=C(CC1CCc2ccccc21)N1CCC(CN2CCc3ccccc32)CC1. The highest BCUT2D eigenvalue weighted by Crippen LogP contribution is 2.36. The molecule has 1 atom stereocenters. The van der Waals surface area contributed by atoms with Crippen LogP contribution in [0.3, 0.4) is 0 Å². The minimum atomic E-state index is 0.367. The van der Waals surface area contributed by atoms with Crippen LogP contribution in [-0.2, 0) is 17.6 Å². The minimum absolute atomic E-state index is 0.367. The molecule has 2 aromatic carbocycles. The number of likely N-dealkylation sites (tertiary alicyclic amines) is 1. The fourth-order valence-electron chi connectivity index (χ4n) is 5.47. The van der Waals surface area contributed by atoms with Gasteiger partial charge >= 0.3 is 0 Å². The van der Waals surface area contributed by atoms with Gasteiger partial charge in [-0.25, -0.2) is 0 Å². The molecule has 3 nitrogen and oxygen atoms in total. The minimum Gasteiger partial charge on any atom is -0.371 e. The van der Waals surface area contributed by atoms with Gasteiger partial charge in [-0.3, -0.25) is 4.79 Å². The summed E-state index contributed by atoms with van der Waals surface area (Å²) in [5, 5.41) is 0. The molecule has 1 saturated heterocycles. The Labute approximate surface area is 168 Å². The first-order valence-electron chi connectivity index (χ1n) is 11.0. The highest BCUT2D eigenvalue weighted by molar-refractivity contribution is 5.77. The van der Waals surface area contributed by atoms with Crippen molar-refractivity contribution >= 4 is 11.6 Å². The van der Waals surface area contributed by atoms with Gasteiger partial charge in [0.1, 0.15) is 0 Å². The number of hydrogen-bond acceptors (Lipinski definition) is 2. The lowest BCUT2D eigenvalue weighted by atomic mass is 9.93. The maximum absolute atomic E-state index is 12.9. The summed E-state index contributed by atoms with van der Waals surface area (Å²) in [6.07, 6.45) is 6.43. The largest absolute Gasteiger partial charge is 0.371 e. The Morgan fingerprint density at radius 3 is 2.46 bits per heavy atom. The van der Waals surface area contributed by atoms with Crippen molar-refractivity contribution in [1.82, 2.24) is 4.90 Å². The zero-order valence-corrected chi connectivity index (χ0v) is 16.6. The number of amides is 1. The Hall–Kier alpha value is -2.29. The van der Waals surface area contributed by atoms with E-state index in [-0.39, 0.29) is 0 Å². The molecule has 3 aliphatic rings. The molecular weight excluding hydrogens is 344 g/mol. The van der Waals surface area contributed by atoms with Gasteiger partial charge in [-0.05, 0) is 66.7 Å². The molecule has 1 aliphatic carbocycles. The van der Waals surface area contributed by atoms with Crippen molar-refractivity contribution in [3.63, 3.8) is 0 Å². The molecule has 2 heterocycles. The van der Waals surface area contributed by atoms with Gasteiger partial charge in [-0.15, -0.1) is 0 Å². The van der Waals surface area contributed by atoms with E-state index in [0.29, 0.717) is 24.2 Å². The van der Waals surface area contributed by atoms with Gasteiger partial charge in [-0.1, -0.05) is 42.5 Å². The van der Waals surface area contributed by atoms with Crippen molar-refractivity contribution in [3.05, 3.63) is 65.2 Å². The van der Waals surface area contributed by atoms with E-state index in [2.05, 4.69) is 58.3 Å². The predicted molar refractivity (Wildman–Crippen MR) is 114 cm³/mol. The Bertz CT molecular complexity index is 853. The van der Waals surface area contributed by atoms with Crippen LogP contribution in [-0.4, -0.2) is 37.0 Å². The number of piperidine rings is 1. The summed E-state index contributed by atoms with van der Waals surface area (Å²) in [6.45, 7) is 4.18. The number of carbonyl (C=O) groups excluding carboxylic acids is 1. The molecule has 0 aromatic heterocycles. The van der Waals surface area contributed by atoms with E-state index in [1.807, 2.05) is 0 Å². The zero-order chi connectivity index (χ0) is 18.9. The third-order valence-electron chi connectivity index (χ3n) is 7.11. The molecule has 2 aromatic rings. The topological polar surface area (TPSA) is 23.6 Å². The van der Waals surface area contributed by atoms with E-state index in [1.165, 1.54) is 28.8 Å². The second kappa shape index (κ2) is 7.62. The summed E-state index contributed by atoms with van der Waals surface area (Å²) in [7, 11) is 0. The van der Waals surface area contributed by atoms with E-state index in [0.717, 1.165) is 51.9 Å². The van der Waals surface area contributed by atoms with Gasteiger partial charge in [0.05, 0.1) is 0 Å². The Morgan fingerprint density at radius 1 is 0.857 bits per heavy atom. The fourth-order valence-corrected chi connectivity index (χ4v) is 5.47. The molecule has 0 N–H and O–H groups in total. The van der Waals surface area contributed by atoms with Gasteiger partial charge in [0, 0.05) is 38.3 Å². The molecule has 146 valence electrons. The summed E-state index contributed by atoms with van der Waals surface area (Å²) < 4.78 is 0. The van der Waals surface area contributed by atoms with Crippen LogP contribution in [0.1, 0.15) is 48.3 Å². The molecule has 1 fully saturated rings. The van der Waals surface area contributed by atoms with Crippen LogP contribution in [0.5, 0.6) is 0 Å². The van der Waals surface area contributed by atoms with Gasteiger partial charge in [-0.2, -0.15) is 0 Å². The van der Waals surface area contributed by atoms with Crippen molar-refractivity contribution in [2.75, 3.05) is 31.1 Å². The highest BCUT2D eigenvalue weighted by atomic mass is 16.2. The third-order valence-corrected chi connectivity index (χ3v) is 7.11. The maximum Gasteiger partial charge on any atom is 0.223 e. The molecule has 1 amide bonds. The van der Waals surface area contributed by atoms with Crippen LogP contribution >= 0.6 is 0 Å².